The van der Waals surface area contributed by atoms with Crippen molar-refractivity contribution in [2.45, 2.75) is 39.3 Å². The molecule has 4 aromatic heterocycles. The lowest BCUT2D eigenvalue weighted by Gasteiger charge is -2.28. The first kappa shape index (κ1) is 40.5. The van der Waals surface area contributed by atoms with Gasteiger partial charge in [0.15, 0.2) is 0 Å². The minimum absolute atomic E-state index is 0.0181. The predicted octanol–water partition coefficient (Wildman–Crippen LogP) is 13.2. The van der Waals surface area contributed by atoms with E-state index in [-0.39, 0.29) is 5.41 Å². The topological polar surface area (TPSA) is 40.8 Å². The molecule has 0 N–H and O–H groups in total. The molecule has 0 fully saturated rings. The number of para-hydroxylation sites is 5. The minimum atomic E-state index is -2.34. The first-order valence-corrected chi connectivity index (χ1v) is 26.0. The fourth-order valence-corrected chi connectivity index (χ4v) is 12.8. The lowest BCUT2D eigenvalue weighted by atomic mass is 9.88. The zero-order chi connectivity index (χ0) is 45.4. The van der Waals surface area contributed by atoms with Crippen molar-refractivity contribution < 1.29 is 9.30 Å². The van der Waals surface area contributed by atoms with Crippen LogP contribution in [0.5, 0.6) is 11.5 Å². The summed E-state index contributed by atoms with van der Waals surface area (Å²) in [6, 6.07) is 71.6. The zero-order valence-electron chi connectivity index (χ0n) is 38.3. The molecule has 67 heavy (non-hydrogen) atoms. The van der Waals surface area contributed by atoms with E-state index in [9.17, 15) is 0 Å². The van der Waals surface area contributed by atoms with Crippen LogP contribution in [-0.2, 0) is 5.41 Å². The average Bonchev–Trinajstić information content (AvgIpc) is 4.02. The number of benzene rings is 8. The van der Waals surface area contributed by atoms with Crippen molar-refractivity contribution in [1.29, 1.82) is 0 Å². The Hall–Kier alpha value is -8.00. The van der Waals surface area contributed by atoms with E-state index >= 15 is 0 Å². The van der Waals surface area contributed by atoms with E-state index in [1.807, 2.05) is 12.3 Å². The Morgan fingerprint density at radius 3 is 1.90 bits per heavy atom. The van der Waals surface area contributed by atoms with Crippen molar-refractivity contribution in [3.05, 3.63) is 218 Å². The smallest absolute Gasteiger partial charge is 0.269 e. The second kappa shape index (κ2) is 15.6. The van der Waals surface area contributed by atoms with Crippen LogP contribution in [0.4, 0.5) is 0 Å². The molecule has 0 atom stereocenters. The summed E-state index contributed by atoms with van der Waals surface area (Å²) in [4.78, 5) is 4.90. The van der Waals surface area contributed by atoms with Gasteiger partial charge in [0.2, 0.25) is 0 Å². The molecule has 0 aliphatic heterocycles. The third-order valence-electron chi connectivity index (χ3n) is 13.6. The van der Waals surface area contributed by atoms with Gasteiger partial charge >= 0.3 is 0 Å². The Morgan fingerprint density at radius 1 is 0.522 bits per heavy atom. The number of fused-ring (bicyclic) bond motifs is 7. The van der Waals surface area contributed by atoms with E-state index in [0.717, 1.165) is 67.3 Å². The summed E-state index contributed by atoms with van der Waals surface area (Å²) in [6.45, 7) is 11.7. The van der Waals surface area contributed by atoms with Crippen LogP contribution in [0.25, 0.3) is 77.5 Å². The lowest BCUT2D eigenvalue weighted by molar-refractivity contribution is -0.570. The molecule has 0 radical (unpaired) electrons. The molecule has 0 aliphatic carbocycles. The van der Waals surface area contributed by atoms with Gasteiger partial charge in [0.1, 0.15) is 25.4 Å². The molecule has 12 rings (SSSR count). The highest BCUT2D eigenvalue weighted by molar-refractivity contribution is 7.01. The highest BCUT2D eigenvalue weighted by Gasteiger charge is 2.33. The average molecular weight is 884 g/mol. The molecule has 4 heterocycles. The second-order valence-corrected chi connectivity index (χ2v) is 23.4. The van der Waals surface area contributed by atoms with Crippen LogP contribution in [0, 0.1) is 6.33 Å². The molecule has 8 aromatic carbocycles. The zero-order valence-corrected chi connectivity index (χ0v) is 39.3. The summed E-state index contributed by atoms with van der Waals surface area (Å²) in [5.74, 6) is 2.36. The van der Waals surface area contributed by atoms with Gasteiger partial charge in [-0.3, -0.25) is 13.7 Å². The molecule has 6 nitrogen and oxygen atoms in total. The van der Waals surface area contributed by atoms with Gasteiger partial charge < -0.3 is 9.30 Å². The molecule has 7 heteroatoms. The van der Waals surface area contributed by atoms with Crippen molar-refractivity contribution >= 4 is 73.1 Å². The number of hydrogen-bond donors (Lipinski definition) is 0. The molecule has 0 saturated heterocycles. The van der Waals surface area contributed by atoms with Crippen LogP contribution in [-0.4, -0.2) is 26.8 Å². The van der Waals surface area contributed by atoms with E-state index in [1.165, 1.54) is 37.6 Å². The van der Waals surface area contributed by atoms with Gasteiger partial charge in [-0.15, -0.1) is 0 Å². The summed E-state index contributed by atoms with van der Waals surface area (Å²) in [5.41, 5.74) is 11.0. The van der Waals surface area contributed by atoms with Crippen molar-refractivity contribution in [2.75, 3.05) is 0 Å². The number of rotatable bonds is 8. The fraction of sp³-hybridized carbons (Fsp3) is 0.100. The van der Waals surface area contributed by atoms with E-state index in [0.29, 0.717) is 0 Å². The predicted molar refractivity (Wildman–Crippen MR) is 279 cm³/mol. The minimum Gasteiger partial charge on any atom is -0.458 e. The molecule has 0 aliphatic rings. The lowest BCUT2D eigenvalue weighted by Crippen LogP contribution is -2.57. The van der Waals surface area contributed by atoms with Gasteiger partial charge in [0.05, 0.1) is 44.5 Å². The van der Waals surface area contributed by atoms with Gasteiger partial charge in [-0.05, 0) is 82.9 Å². The first-order chi connectivity index (χ1) is 32.6. The van der Waals surface area contributed by atoms with Crippen LogP contribution < -0.4 is 19.7 Å². The molecule has 0 bridgehead atoms. The summed E-state index contributed by atoms with van der Waals surface area (Å²) in [5, 5.41) is 7.46. The Morgan fingerprint density at radius 2 is 1.13 bits per heavy atom. The third kappa shape index (κ3) is 6.68. The van der Waals surface area contributed by atoms with Gasteiger partial charge in [-0.25, -0.2) is 4.98 Å². The Labute approximate surface area is 391 Å². The summed E-state index contributed by atoms with van der Waals surface area (Å²) in [7, 11) is -2.34. The molecular formula is C60H49N5OSi. The molecule has 0 amide bonds. The maximum absolute atomic E-state index is 6.82. The van der Waals surface area contributed by atoms with Gasteiger partial charge in [-0.2, -0.15) is 0 Å². The number of ether oxygens (including phenoxy) is 1. The largest absolute Gasteiger partial charge is 0.458 e. The monoisotopic (exact) mass is 883 g/mol. The van der Waals surface area contributed by atoms with E-state index in [4.69, 9.17) is 9.72 Å². The molecule has 0 saturated carbocycles. The molecule has 0 spiro atoms. The highest BCUT2D eigenvalue weighted by atomic mass is 28.3. The second-order valence-electron chi connectivity index (χ2n) is 19.1. The normalized spacial score (nSPS) is 12.3. The molecule has 324 valence electrons. The summed E-state index contributed by atoms with van der Waals surface area (Å²) < 4.78 is 16.0. The van der Waals surface area contributed by atoms with E-state index in [1.54, 1.807) is 0 Å². The number of aromatic nitrogens is 5. The molecule has 0 unspecified atom stereocenters. The molecular weight excluding hydrogens is 835 g/mol. The van der Waals surface area contributed by atoms with Gasteiger partial charge in [-0.1, -0.05) is 166 Å². The van der Waals surface area contributed by atoms with Crippen molar-refractivity contribution in [3.63, 3.8) is 0 Å². The Kier molecular flexibility index (Phi) is 9.41. The third-order valence-corrected chi connectivity index (χ3v) is 17.1. The molecule has 12 aromatic rings. The summed E-state index contributed by atoms with van der Waals surface area (Å²) >= 11 is 0. The van der Waals surface area contributed by atoms with Crippen molar-refractivity contribution in [1.82, 2.24) is 18.7 Å². The highest BCUT2D eigenvalue weighted by Crippen LogP contribution is 2.38. The van der Waals surface area contributed by atoms with Crippen LogP contribution in [0.2, 0.25) is 13.1 Å². The maximum atomic E-state index is 6.82. The van der Waals surface area contributed by atoms with E-state index in [2.05, 4.69) is 253 Å². The Bertz CT molecular complexity index is 3860. The summed E-state index contributed by atoms with van der Waals surface area (Å²) in [6.07, 6.45) is 5.87. The van der Waals surface area contributed by atoms with E-state index < -0.39 is 8.07 Å². The number of imidazole rings is 1. The van der Waals surface area contributed by atoms with Crippen LogP contribution >= 0.6 is 0 Å². The van der Waals surface area contributed by atoms with Crippen LogP contribution in [0.15, 0.2) is 206 Å². The first-order valence-electron chi connectivity index (χ1n) is 23.0. The Balaban J connectivity index is 1.03. The maximum Gasteiger partial charge on any atom is 0.269 e. The van der Waals surface area contributed by atoms with Crippen LogP contribution in [0.3, 0.4) is 0 Å². The van der Waals surface area contributed by atoms with Gasteiger partial charge in [0, 0.05) is 39.5 Å². The standard InChI is InChI=1S/C60H49N5OSi/c1-60(2,3)41-35-36-61-57(37-41)65-52-28-15-12-25-47(52)49-32-31-45(39-55(49)65)66-44-22-18-21-43(38-44)62-40-63(54-30-17-16-29-53(54)62)59-56(67(4,5)46-23-10-7-11-24-46)34-33-50-48-26-13-14-27-51(48)64(58(50)59)42-19-8-6-9-20-42/h6-39H,1-5H3. The number of nitrogens with zero attached hydrogens (tertiary/aromatic N) is 5. The number of pyridine rings is 1. The van der Waals surface area contributed by atoms with Crippen LogP contribution in [0.1, 0.15) is 26.3 Å². The van der Waals surface area contributed by atoms with Crippen molar-refractivity contribution in [2.24, 2.45) is 0 Å². The quantitative estimate of drug-likeness (QED) is 0.0866. The number of hydrogen-bond acceptors (Lipinski definition) is 2. The SMILES string of the molecule is CC(C)(C)c1ccnc(-n2c3ccccc3c3ccc(Oc4cccc(-n5[c-][n+](-c6c([Si](C)(C)c7ccccc7)ccc7c8ccccc8n(-c8ccccc8)c67)c6ccccc65)c4)cc32)c1. The van der Waals surface area contributed by atoms with Gasteiger partial charge in [0.25, 0.3) is 6.33 Å². The fourth-order valence-electron chi connectivity index (χ4n) is 10.1. The van der Waals surface area contributed by atoms with Crippen molar-refractivity contribution in [3.8, 4) is 34.4 Å².